The molecule has 18 heavy (non-hydrogen) atoms. The van der Waals surface area contributed by atoms with Gasteiger partial charge in [-0.3, -0.25) is 4.79 Å². The molecule has 0 radical (unpaired) electrons. The minimum atomic E-state index is -0.0575. The average molecular weight is 253 g/mol. The average Bonchev–Trinajstić information content (AvgIpc) is 2.92. The number of carbonyl (C=O) groups excluding carboxylic acids is 1. The topological polar surface area (TPSA) is 58.4 Å². The molecule has 1 amide bonds. The van der Waals surface area contributed by atoms with Gasteiger partial charge in [-0.1, -0.05) is 19.8 Å². The number of hydrogen-bond acceptors (Lipinski definition) is 3. The molecule has 2 fully saturated rings. The van der Waals surface area contributed by atoms with E-state index < -0.39 is 0 Å². The van der Waals surface area contributed by atoms with E-state index in [0.717, 1.165) is 32.0 Å². The van der Waals surface area contributed by atoms with Gasteiger partial charge in [0, 0.05) is 37.6 Å². The molecule has 0 spiro atoms. The third kappa shape index (κ3) is 3.45. The molecule has 1 aliphatic heterocycles. The first-order valence-corrected chi connectivity index (χ1v) is 7.45. The van der Waals surface area contributed by atoms with Gasteiger partial charge < -0.3 is 16.0 Å². The molecule has 1 heterocycles. The van der Waals surface area contributed by atoms with Crippen LogP contribution in [0.4, 0.5) is 0 Å². The number of nitrogens with zero attached hydrogens (tertiary/aromatic N) is 1. The van der Waals surface area contributed by atoms with Crippen LogP contribution in [-0.4, -0.2) is 42.5 Å². The summed E-state index contributed by atoms with van der Waals surface area (Å²) in [6, 6.07) is 1.19. The summed E-state index contributed by atoms with van der Waals surface area (Å²) in [6.07, 6.45) is 7.74. The lowest BCUT2D eigenvalue weighted by Crippen LogP contribution is -2.48. The number of hydrogen-bond donors (Lipinski definition) is 2. The van der Waals surface area contributed by atoms with E-state index >= 15 is 0 Å². The second-order valence-corrected chi connectivity index (χ2v) is 5.89. The van der Waals surface area contributed by atoms with E-state index in [1.165, 1.54) is 25.7 Å². The maximum atomic E-state index is 11.8. The molecule has 1 unspecified atom stereocenters. The lowest BCUT2D eigenvalue weighted by atomic mass is 10.0. The Balaban J connectivity index is 1.71. The van der Waals surface area contributed by atoms with Crippen molar-refractivity contribution in [1.82, 2.24) is 10.2 Å². The maximum absolute atomic E-state index is 11.8. The fourth-order valence-electron chi connectivity index (χ4n) is 3.13. The molecular formula is C14H27N3O. The maximum Gasteiger partial charge on any atom is 0.224 e. The third-order valence-electron chi connectivity index (χ3n) is 4.52. The molecule has 0 aromatic heterocycles. The number of piperidine rings is 1. The Morgan fingerprint density at radius 2 is 1.89 bits per heavy atom. The first-order valence-electron chi connectivity index (χ1n) is 7.45. The van der Waals surface area contributed by atoms with E-state index in [1.807, 2.05) is 6.92 Å². The van der Waals surface area contributed by atoms with Gasteiger partial charge in [-0.15, -0.1) is 0 Å². The fraction of sp³-hybridized carbons (Fsp3) is 0.929. The molecule has 0 aromatic rings. The Bertz CT molecular complexity index is 268. The zero-order valence-corrected chi connectivity index (χ0v) is 11.5. The van der Waals surface area contributed by atoms with E-state index in [2.05, 4.69) is 10.2 Å². The van der Waals surface area contributed by atoms with Gasteiger partial charge in [-0.2, -0.15) is 0 Å². The van der Waals surface area contributed by atoms with E-state index in [1.54, 1.807) is 0 Å². The highest BCUT2D eigenvalue weighted by Gasteiger charge is 2.28. The second kappa shape index (κ2) is 6.53. The molecule has 1 aliphatic carbocycles. The third-order valence-corrected chi connectivity index (χ3v) is 4.52. The zero-order chi connectivity index (χ0) is 13.0. The largest absolute Gasteiger partial charge is 0.353 e. The molecule has 2 aliphatic rings. The van der Waals surface area contributed by atoms with Crippen LogP contribution in [-0.2, 0) is 4.79 Å². The quantitative estimate of drug-likeness (QED) is 0.789. The molecule has 104 valence electrons. The van der Waals surface area contributed by atoms with Crippen LogP contribution in [0.2, 0.25) is 0 Å². The molecule has 1 saturated carbocycles. The van der Waals surface area contributed by atoms with Gasteiger partial charge >= 0.3 is 0 Å². The Morgan fingerprint density at radius 1 is 1.28 bits per heavy atom. The lowest BCUT2D eigenvalue weighted by molar-refractivity contribution is -0.125. The van der Waals surface area contributed by atoms with Crippen molar-refractivity contribution in [3.63, 3.8) is 0 Å². The summed E-state index contributed by atoms with van der Waals surface area (Å²) in [7, 11) is 0. The molecule has 4 nitrogen and oxygen atoms in total. The number of nitrogens with one attached hydrogen (secondary N) is 1. The van der Waals surface area contributed by atoms with Gasteiger partial charge in [-0.05, 0) is 25.7 Å². The summed E-state index contributed by atoms with van der Waals surface area (Å²) >= 11 is 0. The Labute approximate surface area is 110 Å². The molecule has 1 saturated heterocycles. The van der Waals surface area contributed by atoms with Crippen LogP contribution in [0.1, 0.15) is 45.4 Å². The smallest absolute Gasteiger partial charge is 0.224 e. The van der Waals surface area contributed by atoms with Gasteiger partial charge in [0.15, 0.2) is 0 Å². The number of carbonyl (C=O) groups is 1. The van der Waals surface area contributed by atoms with Crippen LogP contribution in [0.5, 0.6) is 0 Å². The zero-order valence-electron chi connectivity index (χ0n) is 11.5. The van der Waals surface area contributed by atoms with Gasteiger partial charge in [0.2, 0.25) is 5.91 Å². The van der Waals surface area contributed by atoms with Gasteiger partial charge in [0.05, 0.1) is 0 Å². The predicted molar refractivity (Wildman–Crippen MR) is 73.2 cm³/mol. The standard InChI is InChI=1S/C14H27N3O/c1-11(10-15)14(18)16-12-6-8-17(9-7-12)13-4-2-3-5-13/h11-13H,2-10,15H2,1H3,(H,16,18). The molecule has 2 rings (SSSR count). The first-order chi connectivity index (χ1) is 8.70. The summed E-state index contributed by atoms with van der Waals surface area (Å²) in [5.74, 6) is 0.0645. The van der Waals surface area contributed by atoms with Crippen LogP contribution in [0, 0.1) is 5.92 Å². The first kappa shape index (κ1) is 13.8. The van der Waals surface area contributed by atoms with Gasteiger partial charge in [0.25, 0.3) is 0 Å². The van der Waals surface area contributed by atoms with Gasteiger partial charge in [0.1, 0.15) is 0 Å². The lowest BCUT2D eigenvalue weighted by Gasteiger charge is -2.36. The summed E-state index contributed by atoms with van der Waals surface area (Å²) < 4.78 is 0. The number of likely N-dealkylation sites (tertiary alicyclic amines) is 1. The van der Waals surface area contributed by atoms with E-state index in [0.29, 0.717) is 12.6 Å². The van der Waals surface area contributed by atoms with Crippen LogP contribution in [0.15, 0.2) is 0 Å². The highest BCUT2D eigenvalue weighted by molar-refractivity contribution is 5.78. The molecule has 0 aromatic carbocycles. The Kier molecular flexibility index (Phi) is 5.01. The van der Waals surface area contributed by atoms with Crippen molar-refractivity contribution in [2.24, 2.45) is 11.7 Å². The number of nitrogens with two attached hydrogens (primary N) is 1. The fourth-order valence-corrected chi connectivity index (χ4v) is 3.13. The monoisotopic (exact) mass is 253 g/mol. The molecule has 0 bridgehead atoms. The Morgan fingerprint density at radius 3 is 2.44 bits per heavy atom. The minimum Gasteiger partial charge on any atom is -0.353 e. The summed E-state index contributed by atoms with van der Waals surface area (Å²) in [6.45, 7) is 4.62. The van der Waals surface area contributed by atoms with E-state index in [-0.39, 0.29) is 11.8 Å². The summed E-state index contributed by atoms with van der Waals surface area (Å²) in [5, 5.41) is 3.14. The number of rotatable bonds is 4. The number of amides is 1. The second-order valence-electron chi connectivity index (χ2n) is 5.89. The van der Waals surface area contributed by atoms with Crippen molar-refractivity contribution in [2.75, 3.05) is 19.6 Å². The molecular weight excluding hydrogens is 226 g/mol. The van der Waals surface area contributed by atoms with Crippen LogP contribution in [0.3, 0.4) is 0 Å². The minimum absolute atomic E-state index is 0.0575. The summed E-state index contributed by atoms with van der Waals surface area (Å²) in [4.78, 5) is 14.4. The highest BCUT2D eigenvalue weighted by Crippen LogP contribution is 2.26. The Hall–Kier alpha value is -0.610. The summed E-state index contributed by atoms with van der Waals surface area (Å²) in [5.41, 5.74) is 5.51. The normalized spacial score (nSPS) is 25.2. The van der Waals surface area contributed by atoms with Crippen molar-refractivity contribution >= 4 is 5.91 Å². The van der Waals surface area contributed by atoms with Gasteiger partial charge in [-0.25, -0.2) is 0 Å². The van der Waals surface area contributed by atoms with Crippen LogP contribution in [0.25, 0.3) is 0 Å². The van der Waals surface area contributed by atoms with Crippen molar-refractivity contribution in [1.29, 1.82) is 0 Å². The van der Waals surface area contributed by atoms with Crippen molar-refractivity contribution < 1.29 is 4.79 Å². The molecule has 1 atom stereocenters. The highest BCUT2D eigenvalue weighted by atomic mass is 16.1. The molecule has 4 heteroatoms. The SMILES string of the molecule is CC(CN)C(=O)NC1CCN(C2CCCC2)CC1. The van der Waals surface area contributed by atoms with Crippen molar-refractivity contribution in [2.45, 2.75) is 57.5 Å². The van der Waals surface area contributed by atoms with Crippen molar-refractivity contribution in [3.05, 3.63) is 0 Å². The molecule has 3 N–H and O–H groups in total. The van der Waals surface area contributed by atoms with E-state index in [9.17, 15) is 4.79 Å². The van der Waals surface area contributed by atoms with E-state index in [4.69, 9.17) is 5.73 Å². The predicted octanol–water partition coefficient (Wildman–Crippen LogP) is 1.10. The van der Waals surface area contributed by atoms with Crippen LogP contribution < -0.4 is 11.1 Å². The van der Waals surface area contributed by atoms with Crippen molar-refractivity contribution in [3.8, 4) is 0 Å². The van der Waals surface area contributed by atoms with Crippen LogP contribution >= 0.6 is 0 Å².